The summed E-state index contributed by atoms with van der Waals surface area (Å²) in [7, 11) is 0. The molecule has 0 spiro atoms. The van der Waals surface area contributed by atoms with E-state index in [2.05, 4.69) is 19.4 Å². The molecule has 1 unspecified atom stereocenters. The molecule has 0 aliphatic carbocycles. The zero-order valence-electron chi connectivity index (χ0n) is 13.1. The van der Waals surface area contributed by atoms with Crippen molar-refractivity contribution in [2.45, 2.75) is 45.4 Å². The number of fused-ring (bicyclic) bond motifs is 1. The third-order valence-electron chi connectivity index (χ3n) is 4.43. The molecule has 4 rings (SSSR count). The van der Waals surface area contributed by atoms with E-state index in [9.17, 15) is 4.79 Å². The molecule has 1 fully saturated rings. The van der Waals surface area contributed by atoms with Gasteiger partial charge in [0.1, 0.15) is 5.82 Å². The molecule has 4 heterocycles. The van der Waals surface area contributed by atoms with E-state index in [0.717, 1.165) is 48.0 Å². The Bertz CT molecular complexity index is 771. The van der Waals surface area contributed by atoms with Crippen molar-refractivity contribution in [1.82, 2.24) is 19.1 Å². The van der Waals surface area contributed by atoms with Gasteiger partial charge in [0.25, 0.3) is 5.56 Å². The van der Waals surface area contributed by atoms with Gasteiger partial charge in [0.2, 0.25) is 5.13 Å². The van der Waals surface area contributed by atoms with Crippen LogP contribution >= 0.6 is 11.5 Å². The van der Waals surface area contributed by atoms with Gasteiger partial charge in [0, 0.05) is 36.1 Å². The Hall–Kier alpha value is -1.80. The van der Waals surface area contributed by atoms with Gasteiger partial charge >= 0.3 is 0 Å². The van der Waals surface area contributed by atoms with E-state index < -0.39 is 0 Å². The number of ether oxygens (including phenoxy) is 1. The smallest absolute Gasteiger partial charge is 0.267 e. The van der Waals surface area contributed by atoms with Crippen molar-refractivity contribution in [3.8, 4) is 0 Å². The summed E-state index contributed by atoms with van der Waals surface area (Å²) in [5.41, 5.74) is 1.88. The molecular formula is C15H19N5O2S. The van der Waals surface area contributed by atoms with Crippen molar-refractivity contribution in [2.24, 2.45) is 0 Å². The average Bonchev–Trinajstić information content (AvgIpc) is 3.16. The highest BCUT2D eigenvalue weighted by atomic mass is 32.1. The van der Waals surface area contributed by atoms with E-state index in [1.54, 1.807) is 10.7 Å². The molecule has 0 aromatic carbocycles. The Morgan fingerprint density at radius 2 is 2.39 bits per heavy atom. The SMILES string of the molecule is Cc1nsc(N2CCCC2Cn2nc3c(cc2=O)COCC3)n1. The lowest BCUT2D eigenvalue weighted by atomic mass is 10.1. The number of nitrogens with zero attached hydrogens (tertiary/aromatic N) is 5. The molecule has 0 saturated carbocycles. The number of aromatic nitrogens is 4. The van der Waals surface area contributed by atoms with Gasteiger partial charge < -0.3 is 9.64 Å². The molecule has 1 saturated heterocycles. The molecule has 0 bridgehead atoms. The fraction of sp³-hybridized carbons (Fsp3) is 0.600. The van der Waals surface area contributed by atoms with E-state index in [1.807, 2.05) is 6.92 Å². The van der Waals surface area contributed by atoms with Gasteiger partial charge in [0.05, 0.1) is 31.5 Å². The molecule has 7 nitrogen and oxygen atoms in total. The molecule has 0 N–H and O–H groups in total. The van der Waals surface area contributed by atoms with Crippen LogP contribution in [0.2, 0.25) is 0 Å². The second kappa shape index (κ2) is 6.01. The summed E-state index contributed by atoms with van der Waals surface area (Å²) in [6.07, 6.45) is 2.93. The van der Waals surface area contributed by atoms with Crippen LogP contribution in [-0.4, -0.2) is 38.3 Å². The van der Waals surface area contributed by atoms with Crippen LogP contribution in [-0.2, 0) is 24.3 Å². The molecular weight excluding hydrogens is 314 g/mol. The Morgan fingerprint density at radius 3 is 3.22 bits per heavy atom. The van der Waals surface area contributed by atoms with Gasteiger partial charge in [-0.1, -0.05) is 0 Å². The zero-order valence-corrected chi connectivity index (χ0v) is 13.9. The highest BCUT2D eigenvalue weighted by Gasteiger charge is 2.28. The lowest BCUT2D eigenvalue weighted by molar-refractivity contribution is 0.108. The minimum absolute atomic E-state index is 0.0467. The van der Waals surface area contributed by atoms with Crippen LogP contribution in [0.4, 0.5) is 5.13 Å². The first-order valence-corrected chi connectivity index (χ1v) is 8.72. The summed E-state index contributed by atoms with van der Waals surface area (Å²) < 4.78 is 11.3. The Labute approximate surface area is 138 Å². The quantitative estimate of drug-likeness (QED) is 0.839. The first-order valence-electron chi connectivity index (χ1n) is 7.95. The summed E-state index contributed by atoms with van der Waals surface area (Å²) in [5.74, 6) is 0.805. The minimum Gasteiger partial charge on any atom is -0.376 e. The van der Waals surface area contributed by atoms with E-state index in [1.165, 1.54) is 11.5 Å². The standard InChI is InChI=1S/C15H19N5O2S/c1-10-16-15(23-18-10)19-5-2-3-12(19)8-20-14(21)7-11-9-22-6-4-13(11)17-20/h7,12H,2-6,8-9H2,1H3. The fourth-order valence-electron chi connectivity index (χ4n) is 3.26. The molecule has 2 aliphatic rings. The van der Waals surface area contributed by atoms with E-state index in [-0.39, 0.29) is 11.6 Å². The summed E-state index contributed by atoms with van der Waals surface area (Å²) in [5, 5.41) is 5.52. The van der Waals surface area contributed by atoms with Gasteiger partial charge in [-0.2, -0.15) is 9.47 Å². The van der Waals surface area contributed by atoms with Crippen molar-refractivity contribution in [3.63, 3.8) is 0 Å². The zero-order chi connectivity index (χ0) is 15.8. The lowest BCUT2D eigenvalue weighted by Crippen LogP contribution is -2.38. The first-order chi connectivity index (χ1) is 11.2. The number of hydrogen-bond acceptors (Lipinski definition) is 7. The van der Waals surface area contributed by atoms with Gasteiger partial charge in [-0.25, -0.2) is 9.67 Å². The molecule has 2 aliphatic heterocycles. The Kier molecular flexibility index (Phi) is 3.86. The largest absolute Gasteiger partial charge is 0.376 e. The van der Waals surface area contributed by atoms with E-state index >= 15 is 0 Å². The minimum atomic E-state index is -0.0467. The predicted molar refractivity (Wildman–Crippen MR) is 86.9 cm³/mol. The molecule has 0 radical (unpaired) electrons. The van der Waals surface area contributed by atoms with E-state index in [4.69, 9.17) is 4.74 Å². The van der Waals surface area contributed by atoms with Gasteiger partial charge in [-0.15, -0.1) is 0 Å². The van der Waals surface area contributed by atoms with Crippen LogP contribution < -0.4 is 10.5 Å². The average molecular weight is 333 g/mol. The summed E-state index contributed by atoms with van der Waals surface area (Å²) >= 11 is 1.43. The Morgan fingerprint density at radius 1 is 1.48 bits per heavy atom. The maximum absolute atomic E-state index is 12.3. The molecule has 122 valence electrons. The molecule has 8 heteroatoms. The Balaban J connectivity index is 1.58. The third-order valence-corrected chi connectivity index (χ3v) is 5.27. The highest BCUT2D eigenvalue weighted by molar-refractivity contribution is 7.09. The normalized spacial score (nSPS) is 20.7. The van der Waals surface area contributed by atoms with Crippen molar-refractivity contribution < 1.29 is 4.74 Å². The topological polar surface area (TPSA) is 73.1 Å². The van der Waals surface area contributed by atoms with Gasteiger partial charge in [-0.3, -0.25) is 4.79 Å². The van der Waals surface area contributed by atoms with Crippen molar-refractivity contribution in [2.75, 3.05) is 18.1 Å². The predicted octanol–water partition coefficient (Wildman–Crippen LogP) is 1.14. The van der Waals surface area contributed by atoms with Crippen LogP contribution in [0.1, 0.15) is 29.9 Å². The van der Waals surface area contributed by atoms with Gasteiger partial charge in [-0.05, 0) is 19.8 Å². The van der Waals surface area contributed by atoms with E-state index in [0.29, 0.717) is 19.8 Å². The summed E-state index contributed by atoms with van der Waals surface area (Å²) in [6, 6.07) is 1.93. The number of rotatable bonds is 3. The van der Waals surface area contributed by atoms with Crippen LogP contribution in [0.3, 0.4) is 0 Å². The molecule has 2 aromatic rings. The summed E-state index contributed by atoms with van der Waals surface area (Å²) in [4.78, 5) is 19.1. The van der Waals surface area contributed by atoms with Gasteiger partial charge in [0.15, 0.2) is 0 Å². The second-order valence-corrected chi connectivity index (χ2v) is 6.78. The third kappa shape index (κ3) is 2.88. The lowest BCUT2D eigenvalue weighted by Gasteiger charge is -2.24. The van der Waals surface area contributed by atoms with Crippen LogP contribution in [0.5, 0.6) is 0 Å². The maximum Gasteiger partial charge on any atom is 0.267 e. The summed E-state index contributed by atoms with van der Waals surface area (Å²) in [6.45, 7) is 4.65. The number of hydrogen-bond donors (Lipinski definition) is 0. The maximum atomic E-state index is 12.3. The van der Waals surface area contributed by atoms with Crippen LogP contribution in [0.15, 0.2) is 10.9 Å². The second-order valence-electron chi connectivity index (χ2n) is 6.05. The van der Waals surface area contributed by atoms with Crippen molar-refractivity contribution in [3.05, 3.63) is 33.5 Å². The fourth-order valence-corrected chi connectivity index (χ4v) is 4.04. The monoisotopic (exact) mass is 333 g/mol. The first kappa shape index (κ1) is 14.8. The van der Waals surface area contributed by atoms with Crippen molar-refractivity contribution >= 4 is 16.7 Å². The number of anilines is 1. The highest BCUT2D eigenvalue weighted by Crippen LogP contribution is 2.27. The number of aryl methyl sites for hydroxylation is 1. The van der Waals surface area contributed by atoms with Crippen molar-refractivity contribution in [1.29, 1.82) is 0 Å². The van der Waals surface area contributed by atoms with Crippen LogP contribution in [0, 0.1) is 6.92 Å². The molecule has 0 amide bonds. The molecule has 23 heavy (non-hydrogen) atoms. The van der Waals surface area contributed by atoms with Crippen LogP contribution in [0.25, 0.3) is 0 Å². The molecule has 1 atom stereocenters. The molecule has 2 aromatic heterocycles.